The SMILES string of the molecule is CC(=O)NCCC=Cc1c(Cl)cccc1[N+](=O)[O-]. The largest absolute Gasteiger partial charge is 0.356 e. The van der Waals surface area contributed by atoms with Gasteiger partial charge in [-0.05, 0) is 12.5 Å². The minimum atomic E-state index is -0.473. The number of carbonyl (C=O) groups is 1. The number of hydrogen-bond acceptors (Lipinski definition) is 3. The molecule has 0 bridgehead atoms. The lowest BCUT2D eigenvalue weighted by molar-refractivity contribution is -0.385. The molecule has 0 aliphatic carbocycles. The lowest BCUT2D eigenvalue weighted by Gasteiger charge is -2.00. The first kappa shape index (κ1) is 14.2. The van der Waals surface area contributed by atoms with E-state index in [0.717, 1.165) is 0 Å². The normalized spacial score (nSPS) is 10.6. The Morgan fingerprint density at radius 3 is 2.89 bits per heavy atom. The van der Waals surface area contributed by atoms with E-state index in [1.807, 2.05) is 0 Å². The standard InChI is InChI=1S/C12H13ClN2O3/c1-9(16)14-8-3-2-5-10-11(13)6-4-7-12(10)15(17)18/h2,4-7H,3,8H2,1H3,(H,14,16). The molecule has 0 heterocycles. The molecule has 0 spiro atoms. The second-order valence-corrected chi connectivity index (χ2v) is 4.01. The van der Waals surface area contributed by atoms with E-state index in [9.17, 15) is 14.9 Å². The van der Waals surface area contributed by atoms with Crippen LogP contribution in [0.25, 0.3) is 6.08 Å². The zero-order valence-electron chi connectivity index (χ0n) is 9.85. The highest BCUT2D eigenvalue weighted by atomic mass is 35.5. The van der Waals surface area contributed by atoms with E-state index in [1.165, 1.54) is 19.1 Å². The van der Waals surface area contributed by atoms with Gasteiger partial charge in [-0.3, -0.25) is 14.9 Å². The van der Waals surface area contributed by atoms with Gasteiger partial charge in [-0.1, -0.05) is 29.8 Å². The summed E-state index contributed by atoms with van der Waals surface area (Å²) in [4.78, 5) is 21.0. The Bertz CT molecular complexity index is 486. The van der Waals surface area contributed by atoms with Gasteiger partial charge in [-0.15, -0.1) is 0 Å². The van der Waals surface area contributed by atoms with Gasteiger partial charge in [0.25, 0.3) is 5.69 Å². The van der Waals surface area contributed by atoms with Gasteiger partial charge in [0.05, 0.1) is 15.5 Å². The van der Waals surface area contributed by atoms with Crippen LogP contribution in [-0.4, -0.2) is 17.4 Å². The molecule has 1 N–H and O–H groups in total. The highest BCUT2D eigenvalue weighted by Crippen LogP contribution is 2.27. The lowest BCUT2D eigenvalue weighted by atomic mass is 10.1. The predicted molar refractivity (Wildman–Crippen MR) is 70.4 cm³/mol. The van der Waals surface area contributed by atoms with Crippen LogP contribution >= 0.6 is 11.6 Å². The summed E-state index contributed by atoms with van der Waals surface area (Å²) in [5.41, 5.74) is 0.352. The van der Waals surface area contributed by atoms with Gasteiger partial charge in [-0.2, -0.15) is 0 Å². The van der Waals surface area contributed by atoms with Crippen LogP contribution in [0.2, 0.25) is 5.02 Å². The Labute approximate surface area is 110 Å². The van der Waals surface area contributed by atoms with Crippen molar-refractivity contribution in [3.8, 4) is 0 Å². The zero-order valence-corrected chi connectivity index (χ0v) is 10.6. The third-order valence-electron chi connectivity index (χ3n) is 2.20. The maximum absolute atomic E-state index is 10.8. The van der Waals surface area contributed by atoms with Crippen molar-refractivity contribution < 1.29 is 9.72 Å². The number of nitrogens with zero attached hydrogens (tertiary/aromatic N) is 1. The topological polar surface area (TPSA) is 72.2 Å². The second-order valence-electron chi connectivity index (χ2n) is 3.60. The number of amides is 1. The summed E-state index contributed by atoms with van der Waals surface area (Å²) in [7, 11) is 0. The summed E-state index contributed by atoms with van der Waals surface area (Å²) >= 11 is 5.91. The van der Waals surface area contributed by atoms with Gasteiger partial charge in [0, 0.05) is 19.5 Å². The molecule has 18 heavy (non-hydrogen) atoms. The van der Waals surface area contributed by atoms with Crippen molar-refractivity contribution in [3.63, 3.8) is 0 Å². The summed E-state index contributed by atoms with van der Waals surface area (Å²) in [6.07, 6.45) is 3.92. The summed E-state index contributed by atoms with van der Waals surface area (Å²) in [6.45, 7) is 1.92. The van der Waals surface area contributed by atoms with Gasteiger partial charge in [0.15, 0.2) is 0 Å². The first-order valence-corrected chi connectivity index (χ1v) is 5.74. The van der Waals surface area contributed by atoms with E-state index >= 15 is 0 Å². The molecule has 1 rings (SSSR count). The summed E-state index contributed by atoms with van der Waals surface area (Å²) in [6, 6.07) is 4.54. The molecule has 0 radical (unpaired) electrons. The van der Waals surface area contributed by atoms with Crippen LogP contribution < -0.4 is 5.32 Å². The molecule has 0 saturated heterocycles. The fraction of sp³-hybridized carbons (Fsp3) is 0.250. The summed E-state index contributed by atoms with van der Waals surface area (Å²) < 4.78 is 0. The first-order valence-electron chi connectivity index (χ1n) is 5.36. The minimum absolute atomic E-state index is 0.0294. The third-order valence-corrected chi connectivity index (χ3v) is 2.53. The second kappa shape index (κ2) is 6.76. The van der Waals surface area contributed by atoms with E-state index in [4.69, 9.17) is 11.6 Å². The van der Waals surface area contributed by atoms with Crippen LogP contribution in [0.5, 0.6) is 0 Å². The highest BCUT2D eigenvalue weighted by molar-refractivity contribution is 6.32. The van der Waals surface area contributed by atoms with Crippen molar-refractivity contribution in [2.75, 3.05) is 6.54 Å². The average molecular weight is 269 g/mol. The van der Waals surface area contributed by atoms with Gasteiger partial charge < -0.3 is 5.32 Å². The Kier molecular flexibility index (Phi) is 5.32. The van der Waals surface area contributed by atoms with Crippen LogP contribution in [0, 0.1) is 10.1 Å². The number of hydrogen-bond donors (Lipinski definition) is 1. The smallest absolute Gasteiger partial charge is 0.278 e. The van der Waals surface area contributed by atoms with E-state index < -0.39 is 4.92 Å². The molecule has 0 fully saturated rings. The monoisotopic (exact) mass is 268 g/mol. The minimum Gasteiger partial charge on any atom is -0.356 e. The molecule has 1 aromatic rings. The number of nitro benzene ring substituents is 1. The lowest BCUT2D eigenvalue weighted by Crippen LogP contribution is -2.20. The van der Waals surface area contributed by atoms with Crippen molar-refractivity contribution in [2.24, 2.45) is 0 Å². The molecule has 0 atom stereocenters. The number of nitrogens with one attached hydrogen (secondary N) is 1. The van der Waals surface area contributed by atoms with Crippen LogP contribution in [0.15, 0.2) is 24.3 Å². The Hall–Kier alpha value is -1.88. The van der Waals surface area contributed by atoms with Crippen molar-refractivity contribution in [1.82, 2.24) is 5.32 Å². The number of nitro groups is 1. The van der Waals surface area contributed by atoms with E-state index in [0.29, 0.717) is 23.6 Å². The van der Waals surface area contributed by atoms with Crippen molar-refractivity contribution in [3.05, 3.63) is 45.0 Å². The molecule has 0 saturated carbocycles. The van der Waals surface area contributed by atoms with E-state index in [1.54, 1.807) is 18.2 Å². The Morgan fingerprint density at radius 2 is 2.28 bits per heavy atom. The molecule has 1 amide bonds. The zero-order chi connectivity index (χ0) is 13.5. The molecule has 6 heteroatoms. The van der Waals surface area contributed by atoms with Crippen LogP contribution in [0.4, 0.5) is 5.69 Å². The van der Waals surface area contributed by atoms with Crippen molar-refractivity contribution in [1.29, 1.82) is 0 Å². The highest BCUT2D eigenvalue weighted by Gasteiger charge is 2.13. The van der Waals surface area contributed by atoms with Crippen molar-refractivity contribution >= 4 is 29.3 Å². The van der Waals surface area contributed by atoms with E-state index in [2.05, 4.69) is 5.32 Å². The molecule has 96 valence electrons. The maximum Gasteiger partial charge on any atom is 0.278 e. The van der Waals surface area contributed by atoms with Crippen molar-refractivity contribution in [2.45, 2.75) is 13.3 Å². The summed E-state index contributed by atoms with van der Waals surface area (Å²) in [5.74, 6) is -0.105. The quantitative estimate of drug-likeness (QED) is 0.507. The van der Waals surface area contributed by atoms with Crippen LogP contribution in [0.1, 0.15) is 18.9 Å². The van der Waals surface area contributed by atoms with Crippen LogP contribution in [0.3, 0.4) is 0 Å². The molecule has 0 aliphatic rings. The fourth-order valence-electron chi connectivity index (χ4n) is 1.38. The molecule has 5 nitrogen and oxygen atoms in total. The first-order chi connectivity index (χ1) is 8.52. The number of benzene rings is 1. The van der Waals surface area contributed by atoms with Gasteiger partial charge in [0.2, 0.25) is 5.91 Å². The predicted octanol–water partition coefficient (Wildman–Crippen LogP) is 2.79. The fourth-order valence-corrected chi connectivity index (χ4v) is 1.62. The Morgan fingerprint density at radius 1 is 1.56 bits per heavy atom. The van der Waals surface area contributed by atoms with Gasteiger partial charge in [0.1, 0.15) is 0 Å². The molecule has 1 aromatic carbocycles. The van der Waals surface area contributed by atoms with Gasteiger partial charge in [-0.25, -0.2) is 0 Å². The third kappa shape index (κ3) is 4.18. The van der Waals surface area contributed by atoms with Gasteiger partial charge >= 0.3 is 0 Å². The molecular weight excluding hydrogens is 256 g/mol. The average Bonchev–Trinajstić information content (AvgIpc) is 2.29. The molecule has 0 aliphatic heterocycles. The molecule has 0 unspecified atom stereocenters. The Balaban J connectivity index is 2.74. The number of carbonyl (C=O) groups excluding carboxylic acids is 1. The number of halogens is 1. The maximum atomic E-state index is 10.8. The molecular formula is C12H13ClN2O3. The van der Waals surface area contributed by atoms with E-state index in [-0.39, 0.29) is 11.6 Å². The summed E-state index contributed by atoms with van der Waals surface area (Å²) in [5, 5.41) is 13.8. The number of rotatable bonds is 5. The molecule has 0 aromatic heterocycles. The van der Waals surface area contributed by atoms with Crippen LogP contribution in [-0.2, 0) is 4.79 Å².